The molecule has 5 nitrogen and oxygen atoms in total. The second-order valence-corrected chi connectivity index (χ2v) is 10.9. The number of rotatable bonds is 3. The third kappa shape index (κ3) is 3.29. The van der Waals surface area contributed by atoms with E-state index >= 15 is 0 Å². The van der Waals surface area contributed by atoms with Gasteiger partial charge in [0, 0.05) is 31.5 Å². The van der Waals surface area contributed by atoms with Crippen LogP contribution in [0, 0.1) is 34.0 Å². The summed E-state index contributed by atoms with van der Waals surface area (Å²) in [4.78, 5) is 27.6. The van der Waals surface area contributed by atoms with Crippen LogP contribution in [0.25, 0.3) is 0 Å². The Morgan fingerprint density at radius 2 is 1.86 bits per heavy atom. The van der Waals surface area contributed by atoms with Crippen molar-refractivity contribution in [3.05, 3.63) is 11.6 Å². The number of carbonyl (C=O) groups is 2. The van der Waals surface area contributed by atoms with Gasteiger partial charge < -0.3 is 15.1 Å². The number of ketones is 1. The first-order valence-electron chi connectivity index (χ1n) is 11.2. The zero-order chi connectivity index (χ0) is 21.8. The van der Waals surface area contributed by atoms with Crippen LogP contribution in [0.3, 0.4) is 0 Å². The van der Waals surface area contributed by atoms with Gasteiger partial charge >= 0.3 is 0 Å². The second kappa shape index (κ2) is 7.49. The SMILES string of the molecule is CC1C(=CC(=O)N(C)CCO)CCC2C3(C)CCC(O)C(C)(C)C3CC(=O)C12C. The quantitative estimate of drug-likeness (QED) is 0.707. The molecule has 0 aliphatic heterocycles. The van der Waals surface area contributed by atoms with E-state index in [4.69, 9.17) is 5.11 Å². The molecule has 0 saturated heterocycles. The molecule has 0 aromatic carbocycles. The zero-order valence-corrected chi connectivity index (χ0v) is 19.0. The summed E-state index contributed by atoms with van der Waals surface area (Å²) in [5.74, 6) is 0.677. The maximum Gasteiger partial charge on any atom is 0.246 e. The lowest BCUT2D eigenvalue weighted by atomic mass is 9.38. The Kier molecular flexibility index (Phi) is 5.81. The molecule has 0 aromatic rings. The zero-order valence-electron chi connectivity index (χ0n) is 19.0. The first-order valence-corrected chi connectivity index (χ1v) is 11.2. The van der Waals surface area contributed by atoms with Crippen LogP contribution in [0.4, 0.5) is 0 Å². The van der Waals surface area contributed by atoms with Crippen LogP contribution in [0.5, 0.6) is 0 Å². The number of hydrogen-bond acceptors (Lipinski definition) is 4. The highest BCUT2D eigenvalue weighted by molar-refractivity contribution is 5.90. The molecule has 3 aliphatic rings. The topological polar surface area (TPSA) is 77.8 Å². The standard InChI is InChI=1S/C24H39NO4/c1-15-16(13-21(29)25(6)11-12-26)7-8-17-23(4)10-9-19(27)22(2,3)18(23)14-20(28)24(15,17)5/h13,15,17-19,26-27H,7-12,14H2,1-6H3. The predicted octanol–water partition coefficient (Wildman–Crippen LogP) is 3.19. The minimum absolute atomic E-state index is 0.0213. The van der Waals surface area contributed by atoms with Gasteiger partial charge in [0.1, 0.15) is 5.78 Å². The molecule has 3 saturated carbocycles. The molecule has 29 heavy (non-hydrogen) atoms. The van der Waals surface area contributed by atoms with Crippen LogP contribution in [0.15, 0.2) is 11.6 Å². The molecule has 3 fully saturated rings. The highest BCUT2D eigenvalue weighted by atomic mass is 16.3. The van der Waals surface area contributed by atoms with Crippen molar-refractivity contribution in [1.29, 1.82) is 0 Å². The van der Waals surface area contributed by atoms with Crippen molar-refractivity contribution >= 4 is 11.7 Å². The van der Waals surface area contributed by atoms with Gasteiger partial charge in [0.05, 0.1) is 12.7 Å². The fraction of sp³-hybridized carbons (Fsp3) is 0.833. The summed E-state index contributed by atoms with van der Waals surface area (Å²) in [6.45, 7) is 11.1. The Labute approximate surface area is 175 Å². The van der Waals surface area contributed by atoms with Crippen molar-refractivity contribution < 1.29 is 19.8 Å². The molecule has 6 unspecified atom stereocenters. The van der Waals surface area contributed by atoms with Gasteiger partial charge in [-0.1, -0.05) is 40.2 Å². The Balaban J connectivity index is 1.95. The molecule has 5 heteroatoms. The molecule has 1 amide bonds. The molecule has 0 bridgehead atoms. The van der Waals surface area contributed by atoms with Crippen molar-refractivity contribution in [1.82, 2.24) is 4.90 Å². The van der Waals surface area contributed by atoms with E-state index in [2.05, 4.69) is 34.6 Å². The number of carbonyl (C=O) groups excluding carboxylic acids is 2. The molecule has 6 atom stereocenters. The van der Waals surface area contributed by atoms with Gasteiger partial charge in [-0.2, -0.15) is 0 Å². The van der Waals surface area contributed by atoms with Gasteiger partial charge in [-0.05, 0) is 54.3 Å². The van der Waals surface area contributed by atoms with Gasteiger partial charge in [0.25, 0.3) is 0 Å². The van der Waals surface area contributed by atoms with E-state index in [0.29, 0.717) is 18.7 Å². The van der Waals surface area contributed by atoms with Crippen molar-refractivity contribution in [3.63, 3.8) is 0 Å². The highest BCUT2D eigenvalue weighted by Crippen LogP contribution is 2.67. The third-order valence-corrected chi connectivity index (χ3v) is 9.32. The number of nitrogens with zero attached hydrogens (tertiary/aromatic N) is 1. The summed E-state index contributed by atoms with van der Waals surface area (Å²) in [7, 11) is 1.69. The maximum atomic E-state index is 13.6. The lowest BCUT2D eigenvalue weighted by Gasteiger charge is -2.65. The fourth-order valence-electron chi connectivity index (χ4n) is 7.09. The van der Waals surface area contributed by atoms with Crippen LogP contribution in [0.1, 0.15) is 66.7 Å². The number of hydrogen-bond donors (Lipinski definition) is 2. The summed E-state index contributed by atoms with van der Waals surface area (Å²) in [6.07, 6.45) is 5.37. The fourth-order valence-corrected chi connectivity index (χ4v) is 7.09. The molecular formula is C24H39NO4. The summed E-state index contributed by atoms with van der Waals surface area (Å²) in [6, 6.07) is 0. The summed E-state index contributed by atoms with van der Waals surface area (Å²) >= 11 is 0. The van der Waals surface area contributed by atoms with E-state index in [0.717, 1.165) is 31.3 Å². The number of amides is 1. The first kappa shape index (κ1) is 22.5. The molecule has 0 spiro atoms. The molecule has 0 aromatic heterocycles. The van der Waals surface area contributed by atoms with E-state index in [1.807, 2.05) is 0 Å². The molecular weight excluding hydrogens is 366 g/mol. The number of aliphatic hydroxyl groups is 2. The Bertz CT molecular complexity index is 714. The summed E-state index contributed by atoms with van der Waals surface area (Å²) in [5, 5.41) is 19.7. The lowest BCUT2D eigenvalue weighted by molar-refractivity contribution is -0.189. The molecule has 0 radical (unpaired) electrons. The normalized spacial score (nSPS) is 42.9. The average Bonchev–Trinajstić information content (AvgIpc) is 2.65. The van der Waals surface area contributed by atoms with Crippen molar-refractivity contribution in [2.75, 3.05) is 20.2 Å². The van der Waals surface area contributed by atoms with Gasteiger partial charge in [-0.3, -0.25) is 9.59 Å². The van der Waals surface area contributed by atoms with Crippen LogP contribution in [-0.4, -0.2) is 53.1 Å². The van der Waals surface area contributed by atoms with E-state index in [1.165, 1.54) is 4.90 Å². The Morgan fingerprint density at radius 3 is 2.48 bits per heavy atom. The second-order valence-electron chi connectivity index (χ2n) is 10.9. The number of likely N-dealkylation sites (N-methyl/N-ethyl adjacent to an activating group) is 1. The molecule has 0 heterocycles. The third-order valence-electron chi connectivity index (χ3n) is 9.32. The Morgan fingerprint density at radius 1 is 1.21 bits per heavy atom. The average molecular weight is 406 g/mol. The Hall–Kier alpha value is -1.20. The van der Waals surface area contributed by atoms with Crippen molar-refractivity contribution in [2.45, 2.75) is 72.8 Å². The summed E-state index contributed by atoms with van der Waals surface area (Å²) < 4.78 is 0. The number of allylic oxidation sites excluding steroid dienone is 1. The molecule has 2 N–H and O–H groups in total. The predicted molar refractivity (Wildman–Crippen MR) is 113 cm³/mol. The van der Waals surface area contributed by atoms with Crippen LogP contribution < -0.4 is 0 Å². The van der Waals surface area contributed by atoms with Gasteiger partial charge in [0.15, 0.2) is 0 Å². The monoisotopic (exact) mass is 405 g/mol. The number of Topliss-reactive ketones (excluding diaryl/α,β-unsaturated/α-hetero) is 1. The lowest BCUT2D eigenvalue weighted by Crippen LogP contribution is -2.64. The number of fused-ring (bicyclic) bond motifs is 3. The van der Waals surface area contributed by atoms with E-state index in [-0.39, 0.29) is 47.2 Å². The van der Waals surface area contributed by atoms with Crippen molar-refractivity contribution in [3.8, 4) is 0 Å². The minimum atomic E-state index is -0.469. The molecule has 3 rings (SSSR count). The minimum Gasteiger partial charge on any atom is -0.395 e. The van der Waals surface area contributed by atoms with Gasteiger partial charge in [0.2, 0.25) is 5.91 Å². The highest BCUT2D eigenvalue weighted by Gasteiger charge is 2.65. The van der Waals surface area contributed by atoms with E-state index < -0.39 is 5.41 Å². The molecule has 164 valence electrons. The largest absolute Gasteiger partial charge is 0.395 e. The van der Waals surface area contributed by atoms with Crippen LogP contribution in [0.2, 0.25) is 0 Å². The first-order chi connectivity index (χ1) is 13.4. The van der Waals surface area contributed by atoms with E-state index in [1.54, 1.807) is 13.1 Å². The van der Waals surface area contributed by atoms with E-state index in [9.17, 15) is 14.7 Å². The maximum absolute atomic E-state index is 13.6. The van der Waals surface area contributed by atoms with Crippen LogP contribution in [-0.2, 0) is 9.59 Å². The molecule has 3 aliphatic carbocycles. The van der Waals surface area contributed by atoms with Gasteiger partial charge in [-0.15, -0.1) is 0 Å². The van der Waals surface area contributed by atoms with Crippen molar-refractivity contribution in [2.24, 2.45) is 34.0 Å². The van der Waals surface area contributed by atoms with Crippen LogP contribution >= 0.6 is 0 Å². The summed E-state index contributed by atoms with van der Waals surface area (Å²) in [5.41, 5.74) is 0.364. The van der Waals surface area contributed by atoms with Gasteiger partial charge in [-0.25, -0.2) is 0 Å². The smallest absolute Gasteiger partial charge is 0.246 e. The number of aliphatic hydroxyl groups excluding tert-OH is 2.